The number of benzene rings is 1. The summed E-state index contributed by atoms with van der Waals surface area (Å²) in [5.74, 6) is -3.68. The van der Waals surface area contributed by atoms with Gasteiger partial charge in [0.2, 0.25) is 0 Å². The fourth-order valence-corrected chi connectivity index (χ4v) is 2.29. The summed E-state index contributed by atoms with van der Waals surface area (Å²) < 4.78 is 51.5. The molecule has 0 spiro atoms. The van der Waals surface area contributed by atoms with Gasteiger partial charge in [-0.25, -0.2) is 4.39 Å². The molecule has 0 saturated carbocycles. The minimum absolute atomic E-state index is 0.112. The van der Waals surface area contributed by atoms with Crippen LogP contribution in [0.15, 0.2) is 30.4 Å². The lowest BCUT2D eigenvalue weighted by Gasteiger charge is -2.15. The number of halogens is 4. The number of amides is 2. The van der Waals surface area contributed by atoms with E-state index in [1.54, 1.807) is 12.2 Å². The number of anilines is 1. The molecule has 1 aliphatic carbocycles. The zero-order valence-electron chi connectivity index (χ0n) is 12.2. The molecular weight excluding hydrogens is 332 g/mol. The molecule has 5 nitrogen and oxygen atoms in total. The van der Waals surface area contributed by atoms with Gasteiger partial charge in [-0.1, -0.05) is 12.2 Å². The second-order valence-corrected chi connectivity index (χ2v) is 5.29. The van der Waals surface area contributed by atoms with E-state index >= 15 is 0 Å². The van der Waals surface area contributed by atoms with Crippen molar-refractivity contribution in [1.82, 2.24) is 5.32 Å². The largest absolute Gasteiger partial charge is 0.418 e. The van der Waals surface area contributed by atoms with E-state index in [0.717, 1.165) is 12.1 Å². The SMILES string of the molecule is O=C(Nc1ccc(F)cc1C(F)(F)F)C(=O)N[C@@H]1C=C[C@H](CO)C1. The Morgan fingerprint density at radius 3 is 2.50 bits per heavy atom. The quantitative estimate of drug-likeness (QED) is 0.444. The van der Waals surface area contributed by atoms with Crippen molar-refractivity contribution in [3.8, 4) is 0 Å². The van der Waals surface area contributed by atoms with Gasteiger partial charge in [-0.05, 0) is 24.6 Å². The van der Waals surface area contributed by atoms with Gasteiger partial charge in [-0.3, -0.25) is 9.59 Å². The van der Waals surface area contributed by atoms with Crippen LogP contribution in [0.3, 0.4) is 0 Å². The Bertz CT molecular complexity index is 673. The summed E-state index contributed by atoms with van der Waals surface area (Å²) in [5.41, 5.74) is -2.09. The maximum absolute atomic E-state index is 13.0. The molecule has 1 aliphatic rings. The van der Waals surface area contributed by atoms with Gasteiger partial charge in [-0.2, -0.15) is 13.2 Å². The molecule has 0 saturated heterocycles. The molecule has 2 rings (SSSR count). The monoisotopic (exact) mass is 346 g/mol. The van der Waals surface area contributed by atoms with Gasteiger partial charge in [0.15, 0.2) is 0 Å². The van der Waals surface area contributed by atoms with E-state index < -0.39 is 41.1 Å². The maximum Gasteiger partial charge on any atom is 0.418 e. The van der Waals surface area contributed by atoms with Crippen LogP contribution in [-0.4, -0.2) is 29.6 Å². The summed E-state index contributed by atoms with van der Waals surface area (Å²) in [6.07, 6.45) is -1.24. The molecule has 3 N–H and O–H groups in total. The van der Waals surface area contributed by atoms with Crippen molar-refractivity contribution in [2.45, 2.75) is 18.6 Å². The smallest absolute Gasteiger partial charge is 0.396 e. The second-order valence-electron chi connectivity index (χ2n) is 5.29. The van der Waals surface area contributed by atoms with Crippen LogP contribution in [0.25, 0.3) is 0 Å². The maximum atomic E-state index is 13.0. The molecule has 0 bridgehead atoms. The third kappa shape index (κ3) is 4.31. The van der Waals surface area contributed by atoms with Crippen LogP contribution in [0.4, 0.5) is 23.2 Å². The number of rotatable bonds is 3. The lowest BCUT2D eigenvalue weighted by molar-refractivity contribution is -0.138. The predicted octanol–water partition coefficient (Wildman–Crippen LogP) is 1.84. The van der Waals surface area contributed by atoms with E-state index in [0.29, 0.717) is 6.42 Å². The van der Waals surface area contributed by atoms with Crippen molar-refractivity contribution in [3.05, 3.63) is 41.7 Å². The van der Waals surface area contributed by atoms with E-state index in [-0.39, 0.29) is 18.6 Å². The van der Waals surface area contributed by atoms with Crippen molar-refractivity contribution < 1.29 is 32.3 Å². The Morgan fingerprint density at radius 2 is 1.92 bits per heavy atom. The van der Waals surface area contributed by atoms with Crippen LogP contribution in [0.5, 0.6) is 0 Å². The number of nitrogens with one attached hydrogen (secondary N) is 2. The number of carbonyl (C=O) groups is 2. The third-order valence-electron chi connectivity index (χ3n) is 3.46. The van der Waals surface area contributed by atoms with Crippen molar-refractivity contribution in [2.75, 3.05) is 11.9 Å². The van der Waals surface area contributed by atoms with Crippen LogP contribution < -0.4 is 10.6 Å². The molecule has 1 aromatic rings. The summed E-state index contributed by atoms with van der Waals surface area (Å²) in [4.78, 5) is 23.5. The van der Waals surface area contributed by atoms with Crippen LogP contribution in [-0.2, 0) is 15.8 Å². The van der Waals surface area contributed by atoms with Gasteiger partial charge in [0, 0.05) is 18.6 Å². The summed E-state index contributed by atoms with van der Waals surface area (Å²) >= 11 is 0. The van der Waals surface area contributed by atoms with E-state index in [1.165, 1.54) is 0 Å². The summed E-state index contributed by atoms with van der Waals surface area (Å²) in [5, 5.41) is 13.1. The van der Waals surface area contributed by atoms with Gasteiger partial charge >= 0.3 is 18.0 Å². The normalized spacial score (nSPS) is 20.0. The van der Waals surface area contributed by atoms with Gasteiger partial charge in [0.1, 0.15) is 5.82 Å². The highest BCUT2D eigenvalue weighted by Gasteiger charge is 2.35. The van der Waals surface area contributed by atoms with Gasteiger partial charge < -0.3 is 15.7 Å². The van der Waals surface area contributed by atoms with E-state index in [9.17, 15) is 27.2 Å². The number of aliphatic hydroxyl groups excluding tert-OH is 1. The van der Waals surface area contributed by atoms with Crippen molar-refractivity contribution in [1.29, 1.82) is 0 Å². The molecule has 1 aromatic carbocycles. The first-order chi connectivity index (χ1) is 11.2. The molecule has 0 heterocycles. The molecule has 130 valence electrons. The Kier molecular flexibility index (Phi) is 5.23. The molecule has 9 heteroatoms. The fourth-order valence-electron chi connectivity index (χ4n) is 2.29. The molecule has 0 aromatic heterocycles. The molecule has 2 amide bonds. The van der Waals surface area contributed by atoms with E-state index in [2.05, 4.69) is 5.32 Å². The first kappa shape index (κ1) is 17.9. The van der Waals surface area contributed by atoms with Gasteiger partial charge in [-0.15, -0.1) is 0 Å². The highest BCUT2D eigenvalue weighted by atomic mass is 19.4. The third-order valence-corrected chi connectivity index (χ3v) is 3.46. The van der Waals surface area contributed by atoms with Gasteiger partial charge in [0.05, 0.1) is 11.3 Å². The Morgan fingerprint density at radius 1 is 1.21 bits per heavy atom. The Labute approximate surface area is 134 Å². The predicted molar refractivity (Wildman–Crippen MR) is 76.3 cm³/mol. The van der Waals surface area contributed by atoms with Crippen molar-refractivity contribution in [3.63, 3.8) is 0 Å². The number of hydrogen-bond donors (Lipinski definition) is 3. The number of alkyl halides is 3. The minimum atomic E-state index is -4.89. The minimum Gasteiger partial charge on any atom is -0.396 e. The number of hydrogen-bond acceptors (Lipinski definition) is 3. The topological polar surface area (TPSA) is 78.4 Å². The molecule has 2 atom stereocenters. The fraction of sp³-hybridized carbons (Fsp3) is 0.333. The average Bonchev–Trinajstić information content (AvgIpc) is 2.95. The van der Waals surface area contributed by atoms with Crippen LogP contribution in [0, 0.1) is 11.7 Å². The molecule has 24 heavy (non-hydrogen) atoms. The lowest BCUT2D eigenvalue weighted by Crippen LogP contribution is -2.41. The number of carbonyl (C=O) groups excluding carboxylic acids is 2. The lowest BCUT2D eigenvalue weighted by atomic mass is 10.1. The van der Waals surface area contributed by atoms with E-state index in [1.807, 2.05) is 5.32 Å². The first-order valence-electron chi connectivity index (χ1n) is 6.98. The Hall–Kier alpha value is -2.42. The highest BCUT2D eigenvalue weighted by molar-refractivity contribution is 6.39. The van der Waals surface area contributed by atoms with E-state index in [4.69, 9.17) is 5.11 Å². The number of aliphatic hydroxyl groups is 1. The zero-order valence-corrected chi connectivity index (χ0v) is 12.2. The second kappa shape index (κ2) is 7.00. The molecule has 0 aliphatic heterocycles. The molecule has 0 unspecified atom stereocenters. The van der Waals surface area contributed by atoms with Crippen LogP contribution in [0.2, 0.25) is 0 Å². The first-order valence-corrected chi connectivity index (χ1v) is 6.98. The summed E-state index contributed by atoms with van der Waals surface area (Å²) in [6, 6.07) is 1.23. The van der Waals surface area contributed by atoms with Gasteiger partial charge in [0.25, 0.3) is 0 Å². The highest BCUT2D eigenvalue weighted by Crippen LogP contribution is 2.35. The zero-order chi connectivity index (χ0) is 17.9. The van der Waals surface area contributed by atoms with Crippen LogP contribution in [0.1, 0.15) is 12.0 Å². The molecule has 0 fully saturated rings. The summed E-state index contributed by atoms with van der Waals surface area (Å²) in [7, 11) is 0. The van der Waals surface area contributed by atoms with Crippen molar-refractivity contribution in [2.24, 2.45) is 5.92 Å². The Balaban J connectivity index is 2.05. The molecule has 0 radical (unpaired) electrons. The van der Waals surface area contributed by atoms with Crippen molar-refractivity contribution >= 4 is 17.5 Å². The average molecular weight is 346 g/mol. The van der Waals surface area contributed by atoms with Crippen LogP contribution >= 0.6 is 0 Å². The molecular formula is C15H14F4N2O3. The summed E-state index contributed by atoms with van der Waals surface area (Å²) in [6.45, 7) is -0.112. The standard InChI is InChI=1S/C15H14F4N2O3/c16-9-2-4-12(11(6-9)15(17,18)19)21-14(24)13(23)20-10-3-1-8(5-10)7-22/h1-4,6,8,10,22H,5,7H2,(H,20,23)(H,21,24)/t8-,10+/m0/s1.